The highest BCUT2D eigenvalue weighted by Crippen LogP contribution is 2.23. The van der Waals surface area contributed by atoms with Crippen LogP contribution in [0.3, 0.4) is 0 Å². The van der Waals surface area contributed by atoms with Gasteiger partial charge in [-0.2, -0.15) is 0 Å². The van der Waals surface area contributed by atoms with E-state index in [0.29, 0.717) is 22.0 Å². The number of benzene rings is 2. The van der Waals surface area contributed by atoms with E-state index in [1.54, 1.807) is 19.1 Å². The molecule has 0 aliphatic heterocycles. The lowest BCUT2D eigenvalue weighted by Crippen LogP contribution is -2.15. The molecule has 2 aromatic carbocycles. The van der Waals surface area contributed by atoms with Gasteiger partial charge in [-0.1, -0.05) is 28.9 Å². The Hall–Kier alpha value is -2.79. The van der Waals surface area contributed by atoms with E-state index < -0.39 is 0 Å². The molecule has 0 fully saturated rings. The van der Waals surface area contributed by atoms with E-state index >= 15 is 0 Å². The first-order chi connectivity index (χ1) is 12.8. The van der Waals surface area contributed by atoms with Crippen LogP contribution in [0.4, 0.5) is 5.69 Å². The second kappa shape index (κ2) is 7.84. The Balaban J connectivity index is 1.75. The number of carbonyl (C=O) groups excluding carboxylic acids is 1. The van der Waals surface area contributed by atoms with Crippen LogP contribution in [0.15, 0.2) is 40.9 Å². The minimum atomic E-state index is -0.370. The fraction of sp³-hybridized carbons (Fsp3) is 0.238. The van der Waals surface area contributed by atoms with Gasteiger partial charge in [0.05, 0.1) is 5.56 Å². The number of hydrogen-bond donors (Lipinski definition) is 1. The molecule has 0 aliphatic rings. The predicted octanol–water partition coefficient (Wildman–Crippen LogP) is 5.39. The Morgan fingerprint density at radius 1 is 1.07 bits per heavy atom. The quantitative estimate of drug-likeness (QED) is 0.640. The molecule has 1 heterocycles. The Kier molecular flexibility index (Phi) is 5.51. The molecule has 0 spiro atoms. The van der Waals surface area contributed by atoms with E-state index in [1.165, 1.54) is 5.56 Å². The topological polar surface area (TPSA) is 64.4 Å². The van der Waals surface area contributed by atoms with E-state index in [0.717, 1.165) is 16.9 Å². The number of aromatic nitrogens is 1. The van der Waals surface area contributed by atoms with Crippen LogP contribution in [0.2, 0.25) is 5.02 Å². The first-order valence-electron chi connectivity index (χ1n) is 8.58. The van der Waals surface area contributed by atoms with Crippen molar-refractivity contribution >= 4 is 23.2 Å². The molecule has 5 nitrogen and oxygen atoms in total. The van der Waals surface area contributed by atoms with Gasteiger partial charge in [-0.15, -0.1) is 0 Å². The Bertz CT molecular complexity index is 995. The molecule has 3 aromatic rings. The zero-order valence-electron chi connectivity index (χ0n) is 15.7. The van der Waals surface area contributed by atoms with Crippen molar-refractivity contribution in [1.82, 2.24) is 5.16 Å². The van der Waals surface area contributed by atoms with Gasteiger partial charge < -0.3 is 14.6 Å². The SMILES string of the molecule is Cc1ccc(OCc2c(C(=O)Nc3ccc(C)c(Cl)c3)noc2C)cc1C. The summed E-state index contributed by atoms with van der Waals surface area (Å²) in [6.45, 7) is 7.92. The first kappa shape index (κ1) is 19.0. The monoisotopic (exact) mass is 384 g/mol. The Morgan fingerprint density at radius 3 is 2.52 bits per heavy atom. The summed E-state index contributed by atoms with van der Waals surface area (Å²) in [4.78, 5) is 12.6. The maximum absolute atomic E-state index is 12.6. The molecule has 0 radical (unpaired) electrons. The van der Waals surface area contributed by atoms with Crippen LogP contribution < -0.4 is 10.1 Å². The van der Waals surface area contributed by atoms with Gasteiger partial charge in [0.15, 0.2) is 5.69 Å². The molecule has 140 valence electrons. The zero-order valence-corrected chi connectivity index (χ0v) is 16.5. The van der Waals surface area contributed by atoms with Crippen LogP contribution in [-0.2, 0) is 6.61 Å². The van der Waals surface area contributed by atoms with Crippen molar-refractivity contribution < 1.29 is 14.1 Å². The molecular formula is C21H21ClN2O3. The summed E-state index contributed by atoms with van der Waals surface area (Å²) < 4.78 is 11.1. The van der Waals surface area contributed by atoms with Crippen LogP contribution in [0, 0.1) is 27.7 Å². The molecule has 0 saturated heterocycles. The van der Waals surface area contributed by atoms with Crippen LogP contribution in [0.25, 0.3) is 0 Å². The van der Waals surface area contributed by atoms with Crippen LogP contribution >= 0.6 is 11.6 Å². The molecule has 0 bridgehead atoms. The van der Waals surface area contributed by atoms with Gasteiger partial charge in [-0.05, 0) is 68.7 Å². The maximum Gasteiger partial charge on any atom is 0.278 e. The van der Waals surface area contributed by atoms with E-state index in [-0.39, 0.29) is 18.2 Å². The third-order valence-electron chi connectivity index (χ3n) is 4.49. The predicted molar refractivity (Wildman–Crippen MR) is 106 cm³/mol. The van der Waals surface area contributed by atoms with E-state index in [4.69, 9.17) is 20.9 Å². The third-order valence-corrected chi connectivity index (χ3v) is 4.90. The first-order valence-corrected chi connectivity index (χ1v) is 8.95. The molecule has 0 atom stereocenters. The minimum absolute atomic E-state index is 0.190. The van der Waals surface area contributed by atoms with Gasteiger partial charge >= 0.3 is 0 Å². The lowest BCUT2D eigenvalue weighted by atomic mass is 10.1. The van der Waals surface area contributed by atoms with Crippen molar-refractivity contribution in [2.45, 2.75) is 34.3 Å². The number of nitrogens with zero attached hydrogens (tertiary/aromatic N) is 1. The molecule has 27 heavy (non-hydrogen) atoms. The highest BCUT2D eigenvalue weighted by atomic mass is 35.5. The fourth-order valence-electron chi connectivity index (χ4n) is 2.56. The third kappa shape index (κ3) is 4.31. The number of carbonyl (C=O) groups is 1. The van der Waals surface area contributed by atoms with Gasteiger partial charge in [-0.25, -0.2) is 0 Å². The standard InChI is InChI=1S/C21H21ClN2O3/c1-12-6-8-17(9-14(12)3)26-11-18-15(4)27-24-20(18)21(25)23-16-7-5-13(2)19(22)10-16/h5-10H,11H2,1-4H3,(H,23,25). The smallest absolute Gasteiger partial charge is 0.278 e. The summed E-state index contributed by atoms with van der Waals surface area (Å²) in [7, 11) is 0. The minimum Gasteiger partial charge on any atom is -0.489 e. The van der Waals surface area contributed by atoms with Crippen molar-refractivity contribution in [3.63, 3.8) is 0 Å². The van der Waals surface area contributed by atoms with Gasteiger partial charge in [0.25, 0.3) is 5.91 Å². The average Bonchev–Trinajstić information content (AvgIpc) is 3.00. The highest BCUT2D eigenvalue weighted by molar-refractivity contribution is 6.31. The van der Waals surface area contributed by atoms with Gasteiger partial charge in [0.2, 0.25) is 0 Å². The van der Waals surface area contributed by atoms with Crippen LogP contribution in [0.5, 0.6) is 5.75 Å². The number of rotatable bonds is 5. The van der Waals surface area contributed by atoms with Crippen molar-refractivity contribution in [3.8, 4) is 5.75 Å². The largest absolute Gasteiger partial charge is 0.489 e. The number of nitrogens with one attached hydrogen (secondary N) is 1. The summed E-state index contributed by atoms with van der Waals surface area (Å²) in [6, 6.07) is 11.2. The molecule has 1 N–H and O–H groups in total. The zero-order chi connectivity index (χ0) is 19.6. The van der Waals surface area contributed by atoms with E-state index in [9.17, 15) is 4.79 Å². The maximum atomic E-state index is 12.6. The van der Waals surface area contributed by atoms with Crippen molar-refractivity contribution in [3.05, 3.63) is 75.1 Å². The summed E-state index contributed by atoms with van der Waals surface area (Å²) in [5, 5.41) is 7.27. The van der Waals surface area contributed by atoms with Gasteiger partial charge in [0, 0.05) is 10.7 Å². The molecule has 1 amide bonds. The number of hydrogen-bond acceptors (Lipinski definition) is 4. The number of anilines is 1. The molecule has 6 heteroatoms. The van der Waals surface area contributed by atoms with Crippen molar-refractivity contribution in [2.24, 2.45) is 0 Å². The Morgan fingerprint density at radius 2 is 1.81 bits per heavy atom. The molecule has 0 saturated carbocycles. The van der Waals surface area contributed by atoms with Crippen LogP contribution in [-0.4, -0.2) is 11.1 Å². The van der Waals surface area contributed by atoms with Gasteiger partial charge in [0.1, 0.15) is 18.1 Å². The molecule has 1 aromatic heterocycles. The normalized spacial score (nSPS) is 10.7. The van der Waals surface area contributed by atoms with E-state index in [1.807, 2.05) is 45.0 Å². The fourth-order valence-corrected chi connectivity index (χ4v) is 2.74. The van der Waals surface area contributed by atoms with Crippen molar-refractivity contribution in [1.29, 1.82) is 0 Å². The Labute approximate surface area is 163 Å². The highest BCUT2D eigenvalue weighted by Gasteiger charge is 2.21. The molecule has 0 unspecified atom stereocenters. The van der Waals surface area contributed by atoms with Crippen molar-refractivity contribution in [2.75, 3.05) is 5.32 Å². The average molecular weight is 385 g/mol. The second-order valence-electron chi connectivity index (χ2n) is 6.52. The second-order valence-corrected chi connectivity index (χ2v) is 6.93. The number of halogens is 1. The summed E-state index contributed by atoms with van der Waals surface area (Å²) in [5.74, 6) is 0.909. The lowest BCUT2D eigenvalue weighted by Gasteiger charge is -2.09. The molecule has 0 aliphatic carbocycles. The number of amides is 1. The summed E-state index contributed by atoms with van der Waals surface area (Å²) in [5.41, 5.74) is 4.69. The van der Waals surface area contributed by atoms with Gasteiger partial charge in [-0.3, -0.25) is 4.79 Å². The molecule has 3 rings (SSSR count). The van der Waals surface area contributed by atoms with E-state index in [2.05, 4.69) is 10.5 Å². The number of ether oxygens (including phenoxy) is 1. The lowest BCUT2D eigenvalue weighted by molar-refractivity contribution is 0.101. The number of aryl methyl sites for hydroxylation is 4. The summed E-state index contributed by atoms with van der Waals surface area (Å²) >= 11 is 6.11. The van der Waals surface area contributed by atoms with Crippen LogP contribution in [0.1, 0.15) is 38.5 Å². The summed E-state index contributed by atoms with van der Waals surface area (Å²) in [6.07, 6.45) is 0. The molecular weight excluding hydrogens is 364 g/mol.